The van der Waals surface area contributed by atoms with Crippen LogP contribution in [0.2, 0.25) is 0 Å². The minimum atomic E-state index is -0.290. The molecule has 21 heavy (non-hydrogen) atoms. The number of carbonyl (C=O) groups excluding carboxylic acids is 1. The summed E-state index contributed by atoms with van der Waals surface area (Å²) in [5.74, 6) is -0.158. The molecule has 3 aromatic rings. The third-order valence-electron chi connectivity index (χ3n) is 2.93. The third kappa shape index (κ3) is 2.55. The second-order valence-electron chi connectivity index (χ2n) is 4.21. The summed E-state index contributed by atoms with van der Waals surface area (Å²) in [6.45, 7) is 3.51. The number of hydrogen-bond donors (Lipinski definition) is 1. The molecule has 2 aromatic carbocycles. The van der Waals surface area contributed by atoms with E-state index in [0.29, 0.717) is 5.56 Å². The molecule has 0 saturated heterocycles. The number of carbonyl (C=O) groups is 1. The predicted molar refractivity (Wildman–Crippen MR) is 83.8 cm³/mol. The molecule has 1 N–H and O–H groups in total. The normalized spacial score (nSPS) is 10.5. The molecule has 3 rings (SSSR count). The Bertz CT molecular complexity index is 842. The lowest BCUT2D eigenvalue weighted by Gasteiger charge is -2.06. The van der Waals surface area contributed by atoms with Crippen molar-refractivity contribution in [3.05, 3.63) is 53.0 Å². The van der Waals surface area contributed by atoms with Crippen LogP contribution in [0.1, 0.15) is 10.4 Å². The second kappa shape index (κ2) is 5.45. The van der Waals surface area contributed by atoms with Crippen molar-refractivity contribution < 1.29 is 4.79 Å². The highest BCUT2D eigenvalue weighted by molar-refractivity contribution is 9.10. The lowest BCUT2D eigenvalue weighted by atomic mass is 10.0. The summed E-state index contributed by atoms with van der Waals surface area (Å²) >= 11 is 3.48. The SMILES string of the molecule is C=Cn1nnc(NC(=O)c2cccc3c(Br)cccc23)n1. The van der Waals surface area contributed by atoms with Gasteiger partial charge < -0.3 is 0 Å². The Hall–Kier alpha value is -2.54. The maximum absolute atomic E-state index is 12.4. The average molecular weight is 344 g/mol. The van der Waals surface area contributed by atoms with Gasteiger partial charge in [-0.2, -0.15) is 0 Å². The van der Waals surface area contributed by atoms with Crippen molar-refractivity contribution in [2.75, 3.05) is 5.32 Å². The van der Waals surface area contributed by atoms with Gasteiger partial charge in [0.15, 0.2) is 0 Å². The fourth-order valence-corrected chi connectivity index (χ4v) is 2.49. The van der Waals surface area contributed by atoms with Gasteiger partial charge in [-0.25, -0.2) is 0 Å². The molecule has 6 nitrogen and oxygen atoms in total. The Morgan fingerprint density at radius 3 is 2.76 bits per heavy atom. The number of tetrazole rings is 1. The summed E-state index contributed by atoms with van der Waals surface area (Å²) in [6, 6.07) is 11.2. The number of fused-ring (bicyclic) bond motifs is 1. The number of aromatic nitrogens is 4. The molecule has 0 fully saturated rings. The molecule has 0 saturated carbocycles. The number of rotatable bonds is 3. The van der Waals surface area contributed by atoms with Gasteiger partial charge in [0, 0.05) is 16.2 Å². The van der Waals surface area contributed by atoms with Crippen molar-refractivity contribution >= 4 is 44.8 Å². The fraction of sp³-hybridized carbons (Fsp3) is 0. The number of hydrogen-bond acceptors (Lipinski definition) is 4. The van der Waals surface area contributed by atoms with Crippen LogP contribution in [0, 0.1) is 0 Å². The fourth-order valence-electron chi connectivity index (χ4n) is 1.99. The molecule has 0 bridgehead atoms. The molecule has 0 aliphatic heterocycles. The standard InChI is InChI=1S/C14H10BrN5O/c1-2-20-18-14(17-19-20)16-13(21)11-7-3-6-10-9(11)5-4-8-12(10)15/h2-8H,1H2,(H,16,18,21). The van der Waals surface area contributed by atoms with Gasteiger partial charge in [0.25, 0.3) is 11.9 Å². The molecule has 0 spiro atoms. The van der Waals surface area contributed by atoms with Crippen LogP contribution in [0.4, 0.5) is 5.95 Å². The first-order valence-corrected chi connectivity index (χ1v) is 6.89. The van der Waals surface area contributed by atoms with Gasteiger partial charge in [0.05, 0.1) is 0 Å². The van der Waals surface area contributed by atoms with Gasteiger partial charge in [0.1, 0.15) is 0 Å². The Labute approximate surface area is 128 Å². The molecule has 7 heteroatoms. The van der Waals surface area contributed by atoms with Crippen molar-refractivity contribution in [3.63, 3.8) is 0 Å². The second-order valence-corrected chi connectivity index (χ2v) is 5.06. The number of benzene rings is 2. The van der Waals surface area contributed by atoms with Gasteiger partial charge in [0.2, 0.25) is 0 Å². The third-order valence-corrected chi connectivity index (χ3v) is 3.62. The topological polar surface area (TPSA) is 72.7 Å². The average Bonchev–Trinajstić information content (AvgIpc) is 2.95. The predicted octanol–water partition coefficient (Wildman–Crippen LogP) is 2.94. The summed E-state index contributed by atoms with van der Waals surface area (Å²) in [5, 5.41) is 15.8. The van der Waals surface area contributed by atoms with Crippen LogP contribution in [0.3, 0.4) is 0 Å². The van der Waals surface area contributed by atoms with E-state index in [1.54, 1.807) is 6.07 Å². The highest BCUT2D eigenvalue weighted by atomic mass is 79.9. The number of nitrogens with zero attached hydrogens (tertiary/aromatic N) is 4. The zero-order valence-corrected chi connectivity index (χ0v) is 12.4. The monoisotopic (exact) mass is 343 g/mol. The number of anilines is 1. The zero-order valence-electron chi connectivity index (χ0n) is 10.8. The molecule has 1 amide bonds. The van der Waals surface area contributed by atoms with E-state index in [2.05, 4.69) is 43.2 Å². The van der Waals surface area contributed by atoms with Crippen LogP contribution in [-0.4, -0.2) is 26.1 Å². The summed E-state index contributed by atoms with van der Waals surface area (Å²) < 4.78 is 0.936. The molecule has 0 aliphatic carbocycles. The maximum atomic E-state index is 12.4. The molecule has 0 unspecified atom stereocenters. The van der Waals surface area contributed by atoms with E-state index in [1.807, 2.05) is 30.3 Å². The van der Waals surface area contributed by atoms with Crippen LogP contribution < -0.4 is 5.32 Å². The van der Waals surface area contributed by atoms with E-state index in [0.717, 1.165) is 15.2 Å². The van der Waals surface area contributed by atoms with E-state index in [4.69, 9.17) is 0 Å². The highest BCUT2D eigenvalue weighted by Gasteiger charge is 2.13. The van der Waals surface area contributed by atoms with E-state index < -0.39 is 0 Å². The number of halogens is 1. The molecule has 104 valence electrons. The smallest absolute Gasteiger partial charge is 0.270 e. The minimum absolute atomic E-state index is 0.131. The van der Waals surface area contributed by atoms with Gasteiger partial charge in [-0.3, -0.25) is 10.1 Å². The molecule has 0 aliphatic rings. The largest absolute Gasteiger partial charge is 0.288 e. The van der Waals surface area contributed by atoms with Gasteiger partial charge in [-0.15, -0.1) is 9.90 Å². The minimum Gasteiger partial charge on any atom is -0.288 e. The van der Waals surface area contributed by atoms with Gasteiger partial charge in [-0.05, 0) is 28.1 Å². The molecule has 0 atom stereocenters. The van der Waals surface area contributed by atoms with E-state index in [9.17, 15) is 4.79 Å². The number of amides is 1. The molecule has 1 aromatic heterocycles. The van der Waals surface area contributed by atoms with Gasteiger partial charge in [-0.1, -0.05) is 51.9 Å². The van der Waals surface area contributed by atoms with Crippen LogP contribution in [0.5, 0.6) is 0 Å². The van der Waals surface area contributed by atoms with Gasteiger partial charge >= 0.3 is 0 Å². The van der Waals surface area contributed by atoms with E-state index in [1.165, 1.54) is 11.0 Å². The zero-order chi connectivity index (χ0) is 14.8. The summed E-state index contributed by atoms with van der Waals surface area (Å²) in [6.07, 6.45) is 1.39. The Morgan fingerprint density at radius 1 is 1.24 bits per heavy atom. The summed E-state index contributed by atoms with van der Waals surface area (Å²) in [7, 11) is 0. The Kier molecular flexibility index (Phi) is 3.49. The van der Waals surface area contributed by atoms with E-state index >= 15 is 0 Å². The number of nitrogens with one attached hydrogen (secondary N) is 1. The summed E-state index contributed by atoms with van der Waals surface area (Å²) in [5.41, 5.74) is 0.545. The first-order chi connectivity index (χ1) is 10.2. The van der Waals surface area contributed by atoms with Crippen LogP contribution in [0.15, 0.2) is 47.4 Å². The molecule has 1 heterocycles. The van der Waals surface area contributed by atoms with Crippen molar-refractivity contribution in [2.45, 2.75) is 0 Å². The van der Waals surface area contributed by atoms with Crippen molar-refractivity contribution in [3.8, 4) is 0 Å². The summed E-state index contributed by atoms with van der Waals surface area (Å²) in [4.78, 5) is 13.5. The maximum Gasteiger partial charge on any atom is 0.270 e. The van der Waals surface area contributed by atoms with Crippen LogP contribution >= 0.6 is 15.9 Å². The highest BCUT2D eigenvalue weighted by Crippen LogP contribution is 2.26. The van der Waals surface area contributed by atoms with E-state index in [-0.39, 0.29) is 11.9 Å². The first kappa shape index (κ1) is 13.4. The molecule has 0 radical (unpaired) electrons. The Morgan fingerprint density at radius 2 is 2.00 bits per heavy atom. The van der Waals surface area contributed by atoms with Crippen molar-refractivity contribution in [1.29, 1.82) is 0 Å². The lowest BCUT2D eigenvalue weighted by molar-refractivity contribution is 0.102. The first-order valence-electron chi connectivity index (χ1n) is 6.09. The Balaban J connectivity index is 1.98. The van der Waals surface area contributed by atoms with Crippen LogP contribution in [-0.2, 0) is 0 Å². The molecular formula is C14H10BrN5O. The van der Waals surface area contributed by atoms with Crippen molar-refractivity contribution in [2.24, 2.45) is 0 Å². The van der Waals surface area contributed by atoms with Crippen LogP contribution in [0.25, 0.3) is 17.0 Å². The molecular weight excluding hydrogens is 334 g/mol. The van der Waals surface area contributed by atoms with Crippen molar-refractivity contribution in [1.82, 2.24) is 20.2 Å². The quantitative estimate of drug-likeness (QED) is 0.793. The lowest BCUT2D eigenvalue weighted by Crippen LogP contribution is -2.13.